The van der Waals surface area contributed by atoms with Crippen LogP contribution in [0.5, 0.6) is 0 Å². The van der Waals surface area contributed by atoms with E-state index in [2.05, 4.69) is 18.3 Å². The lowest BCUT2D eigenvalue weighted by Gasteiger charge is -2.06. The van der Waals surface area contributed by atoms with Crippen LogP contribution >= 0.6 is 23.2 Å². The molecule has 0 aromatic heterocycles. The largest absolute Gasteiger partial charge is 0.383 e. The zero-order valence-electron chi connectivity index (χ0n) is 7.40. The molecule has 0 spiro atoms. The third-order valence-corrected chi connectivity index (χ3v) is 3.39. The first kappa shape index (κ1) is 9.17. The molecule has 1 N–H and O–H groups in total. The fourth-order valence-corrected chi connectivity index (χ4v) is 2.18. The Labute approximate surface area is 88.0 Å². The first-order valence-corrected chi connectivity index (χ1v) is 5.21. The van der Waals surface area contributed by atoms with Crippen LogP contribution in [0.25, 0.3) is 0 Å². The van der Waals surface area contributed by atoms with Gasteiger partial charge in [-0.3, -0.25) is 0 Å². The molecule has 0 bridgehead atoms. The van der Waals surface area contributed by atoms with E-state index in [1.165, 1.54) is 5.56 Å². The quantitative estimate of drug-likeness (QED) is 0.750. The van der Waals surface area contributed by atoms with E-state index in [1.807, 2.05) is 6.07 Å². The number of rotatable bonds is 1. The number of hydrogen-bond acceptors (Lipinski definition) is 1. The zero-order chi connectivity index (χ0) is 9.42. The molecule has 1 aliphatic rings. The van der Waals surface area contributed by atoms with Crippen molar-refractivity contribution in [3.63, 3.8) is 0 Å². The number of anilines is 1. The highest BCUT2D eigenvalue weighted by Crippen LogP contribution is 2.41. The molecule has 0 aliphatic carbocycles. The third kappa shape index (κ3) is 1.40. The number of benzene rings is 1. The minimum Gasteiger partial charge on any atom is -0.383 e. The van der Waals surface area contributed by atoms with Gasteiger partial charge in [0.1, 0.15) is 0 Å². The SMILES string of the molecule is CCC1CNc2c1ccc(Cl)c2Cl. The Hall–Kier alpha value is -0.400. The second-order valence-corrected chi connectivity index (χ2v) is 4.10. The van der Waals surface area contributed by atoms with Crippen LogP contribution in [0.4, 0.5) is 5.69 Å². The average Bonchev–Trinajstić information content (AvgIpc) is 2.55. The number of hydrogen-bond donors (Lipinski definition) is 1. The van der Waals surface area contributed by atoms with Gasteiger partial charge in [0.2, 0.25) is 0 Å². The molecule has 1 unspecified atom stereocenters. The van der Waals surface area contributed by atoms with Crippen molar-refractivity contribution in [1.82, 2.24) is 0 Å². The smallest absolute Gasteiger partial charge is 0.0826 e. The monoisotopic (exact) mass is 215 g/mol. The minimum absolute atomic E-state index is 0.588. The Morgan fingerprint density at radius 3 is 2.92 bits per heavy atom. The van der Waals surface area contributed by atoms with Gasteiger partial charge in [0.25, 0.3) is 0 Å². The third-order valence-electron chi connectivity index (χ3n) is 2.58. The van der Waals surface area contributed by atoms with Gasteiger partial charge in [-0.1, -0.05) is 36.2 Å². The van der Waals surface area contributed by atoms with Gasteiger partial charge in [0, 0.05) is 12.5 Å². The van der Waals surface area contributed by atoms with Crippen molar-refractivity contribution in [3.05, 3.63) is 27.7 Å². The molecule has 2 rings (SSSR count). The van der Waals surface area contributed by atoms with E-state index < -0.39 is 0 Å². The minimum atomic E-state index is 0.588. The second-order valence-electron chi connectivity index (χ2n) is 3.31. The summed E-state index contributed by atoms with van der Waals surface area (Å²) < 4.78 is 0. The normalized spacial score (nSPS) is 19.8. The van der Waals surface area contributed by atoms with Crippen LogP contribution in [0, 0.1) is 0 Å². The maximum atomic E-state index is 6.07. The van der Waals surface area contributed by atoms with Gasteiger partial charge < -0.3 is 5.32 Å². The van der Waals surface area contributed by atoms with Crippen molar-refractivity contribution in [2.75, 3.05) is 11.9 Å². The van der Waals surface area contributed by atoms with Gasteiger partial charge in [0.15, 0.2) is 0 Å². The molecule has 0 saturated carbocycles. The van der Waals surface area contributed by atoms with Crippen LogP contribution in [0.1, 0.15) is 24.8 Å². The Balaban J connectivity index is 2.50. The van der Waals surface area contributed by atoms with Gasteiger partial charge in [-0.15, -0.1) is 0 Å². The molecular formula is C10H11Cl2N. The van der Waals surface area contributed by atoms with Crippen LogP contribution in [0.15, 0.2) is 12.1 Å². The van der Waals surface area contributed by atoms with Crippen molar-refractivity contribution in [2.45, 2.75) is 19.3 Å². The molecule has 70 valence electrons. The molecule has 0 fully saturated rings. The highest BCUT2D eigenvalue weighted by atomic mass is 35.5. The molecule has 1 atom stereocenters. The molecule has 0 radical (unpaired) electrons. The predicted molar refractivity (Wildman–Crippen MR) is 58.0 cm³/mol. The van der Waals surface area contributed by atoms with E-state index in [0.717, 1.165) is 18.7 Å². The van der Waals surface area contributed by atoms with Gasteiger partial charge in [0.05, 0.1) is 15.7 Å². The second kappa shape index (κ2) is 3.39. The zero-order valence-corrected chi connectivity index (χ0v) is 8.91. The molecule has 13 heavy (non-hydrogen) atoms. The van der Waals surface area contributed by atoms with Crippen molar-refractivity contribution >= 4 is 28.9 Å². The highest BCUT2D eigenvalue weighted by molar-refractivity contribution is 6.43. The maximum absolute atomic E-state index is 6.07. The Morgan fingerprint density at radius 1 is 1.46 bits per heavy atom. The van der Waals surface area contributed by atoms with E-state index in [-0.39, 0.29) is 0 Å². The molecule has 1 aromatic carbocycles. The summed E-state index contributed by atoms with van der Waals surface area (Å²) in [5.41, 5.74) is 2.33. The summed E-state index contributed by atoms with van der Waals surface area (Å²) in [7, 11) is 0. The van der Waals surface area contributed by atoms with E-state index in [4.69, 9.17) is 23.2 Å². The van der Waals surface area contributed by atoms with Gasteiger partial charge in [-0.2, -0.15) is 0 Å². The van der Waals surface area contributed by atoms with E-state index in [0.29, 0.717) is 16.0 Å². The molecule has 3 heteroatoms. The number of fused-ring (bicyclic) bond motifs is 1. The molecule has 1 aliphatic heterocycles. The molecule has 0 amide bonds. The average molecular weight is 216 g/mol. The van der Waals surface area contributed by atoms with E-state index in [1.54, 1.807) is 0 Å². The fraction of sp³-hybridized carbons (Fsp3) is 0.400. The van der Waals surface area contributed by atoms with Gasteiger partial charge in [-0.05, 0) is 18.1 Å². The first-order valence-electron chi connectivity index (χ1n) is 4.45. The van der Waals surface area contributed by atoms with Crippen LogP contribution in [0.3, 0.4) is 0 Å². The topological polar surface area (TPSA) is 12.0 Å². The predicted octanol–water partition coefficient (Wildman–Crippen LogP) is 3.91. The maximum Gasteiger partial charge on any atom is 0.0826 e. The summed E-state index contributed by atoms with van der Waals surface area (Å²) in [6.45, 7) is 3.16. The van der Waals surface area contributed by atoms with Gasteiger partial charge in [-0.25, -0.2) is 0 Å². The lowest BCUT2D eigenvalue weighted by atomic mass is 9.99. The summed E-state index contributed by atoms with van der Waals surface area (Å²) in [4.78, 5) is 0. The summed E-state index contributed by atoms with van der Waals surface area (Å²) >= 11 is 12.0. The molecule has 1 nitrogen and oxygen atoms in total. The standard InChI is InChI=1S/C10H11Cl2N/c1-2-6-5-13-10-7(6)3-4-8(11)9(10)12/h3-4,6,13H,2,5H2,1H3. The van der Waals surface area contributed by atoms with Crippen molar-refractivity contribution in [3.8, 4) is 0 Å². The lowest BCUT2D eigenvalue weighted by molar-refractivity contribution is 0.727. The summed E-state index contributed by atoms with van der Waals surface area (Å²) in [6, 6.07) is 3.94. The Morgan fingerprint density at radius 2 is 2.23 bits per heavy atom. The fourth-order valence-electron chi connectivity index (χ4n) is 1.78. The van der Waals surface area contributed by atoms with Crippen LogP contribution < -0.4 is 5.32 Å². The number of halogens is 2. The van der Waals surface area contributed by atoms with Crippen molar-refractivity contribution < 1.29 is 0 Å². The first-order chi connectivity index (χ1) is 6.24. The Bertz CT molecular complexity index is 336. The summed E-state index contributed by atoms with van der Waals surface area (Å²) in [5.74, 6) is 0.588. The molecular weight excluding hydrogens is 205 g/mol. The van der Waals surface area contributed by atoms with E-state index in [9.17, 15) is 0 Å². The van der Waals surface area contributed by atoms with Crippen molar-refractivity contribution in [1.29, 1.82) is 0 Å². The van der Waals surface area contributed by atoms with Crippen LogP contribution in [-0.2, 0) is 0 Å². The Kier molecular flexibility index (Phi) is 2.39. The van der Waals surface area contributed by atoms with Gasteiger partial charge >= 0.3 is 0 Å². The van der Waals surface area contributed by atoms with Crippen molar-refractivity contribution in [2.24, 2.45) is 0 Å². The molecule has 1 aromatic rings. The highest BCUT2D eigenvalue weighted by Gasteiger charge is 2.23. The lowest BCUT2D eigenvalue weighted by Crippen LogP contribution is -1.99. The molecule has 1 heterocycles. The number of nitrogens with one attached hydrogen (secondary N) is 1. The van der Waals surface area contributed by atoms with Crippen LogP contribution in [-0.4, -0.2) is 6.54 Å². The van der Waals surface area contributed by atoms with Crippen LogP contribution in [0.2, 0.25) is 10.0 Å². The molecule has 0 saturated heterocycles. The summed E-state index contributed by atoms with van der Waals surface area (Å²) in [6.07, 6.45) is 1.14. The van der Waals surface area contributed by atoms with E-state index >= 15 is 0 Å². The summed E-state index contributed by atoms with van der Waals surface area (Å²) in [5, 5.41) is 4.59.